The second kappa shape index (κ2) is 8.74. The molecule has 1 amide bonds. The molecule has 3 aromatic rings. The van der Waals surface area contributed by atoms with Crippen molar-refractivity contribution in [2.45, 2.75) is 13.5 Å². The molecule has 0 bridgehead atoms. The number of hydrogen-bond acceptors (Lipinski definition) is 3. The summed E-state index contributed by atoms with van der Waals surface area (Å²) in [4.78, 5) is 12.5. The Kier molecular flexibility index (Phi) is 5.93. The van der Waals surface area contributed by atoms with Crippen molar-refractivity contribution in [3.8, 4) is 17.5 Å². The second-order valence-electron chi connectivity index (χ2n) is 6.27. The molecule has 1 aromatic heterocycles. The molecule has 1 N–H and O–H groups in total. The van der Waals surface area contributed by atoms with E-state index in [0.717, 1.165) is 28.4 Å². The van der Waals surface area contributed by atoms with Crippen molar-refractivity contribution >= 4 is 12.0 Å². The average molecular weight is 371 g/mol. The third kappa shape index (κ3) is 4.30. The summed E-state index contributed by atoms with van der Waals surface area (Å²) >= 11 is 0. The number of rotatable bonds is 6. The Balaban J connectivity index is 1.84. The summed E-state index contributed by atoms with van der Waals surface area (Å²) in [6.45, 7) is 2.35. The van der Waals surface area contributed by atoms with E-state index in [0.29, 0.717) is 6.54 Å². The zero-order valence-electron chi connectivity index (χ0n) is 15.8. The lowest BCUT2D eigenvalue weighted by atomic mass is 10.2. The normalized spacial score (nSPS) is 11.0. The number of nitrogens with one attached hydrogen (secondary N) is 1. The summed E-state index contributed by atoms with van der Waals surface area (Å²) in [5.74, 6) is 0.371. The minimum absolute atomic E-state index is 0.0591. The van der Waals surface area contributed by atoms with E-state index in [1.165, 1.54) is 0 Å². The number of aryl methyl sites for hydroxylation is 1. The Morgan fingerprint density at radius 2 is 1.82 bits per heavy atom. The molecule has 28 heavy (non-hydrogen) atoms. The first-order valence-corrected chi connectivity index (χ1v) is 8.89. The van der Waals surface area contributed by atoms with Gasteiger partial charge in [0.15, 0.2) is 0 Å². The maximum absolute atomic E-state index is 12.5. The summed E-state index contributed by atoms with van der Waals surface area (Å²) in [5, 5.41) is 12.3. The van der Waals surface area contributed by atoms with Gasteiger partial charge >= 0.3 is 0 Å². The van der Waals surface area contributed by atoms with Gasteiger partial charge in [0, 0.05) is 23.6 Å². The third-order valence-corrected chi connectivity index (χ3v) is 4.39. The fourth-order valence-electron chi connectivity index (χ4n) is 2.93. The molecule has 0 fully saturated rings. The topological polar surface area (TPSA) is 67.0 Å². The predicted octanol–water partition coefficient (Wildman–Crippen LogP) is 4.02. The number of nitriles is 1. The van der Waals surface area contributed by atoms with Crippen molar-refractivity contribution in [1.29, 1.82) is 5.26 Å². The van der Waals surface area contributed by atoms with Crippen molar-refractivity contribution in [3.05, 3.63) is 89.3 Å². The van der Waals surface area contributed by atoms with E-state index in [1.54, 1.807) is 13.2 Å². The molecule has 0 aliphatic carbocycles. The van der Waals surface area contributed by atoms with Crippen LogP contribution in [0.1, 0.15) is 17.0 Å². The maximum Gasteiger partial charge on any atom is 0.262 e. The zero-order valence-corrected chi connectivity index (χ0v) is 15.8. The Hall–Kier alpha value is -3.78. The van der Waals surface area contributed by atoms with E-state index >= 15 is 0 Å². The maximum atomic E-state index is 12.5. The Bertz CT molecular complexity index is 1030. The smallest absolute Gasteiger partial charge is 0.262 e. The van der Waals surface area contributed by atoms with Crippen LogP contribution < -0.4 is 10.1 Å². The molecule has 5 heteroatoms. The number of methoxy groups -OCH3 is 1. The van der Waals surface area contributed by atoms with Gasteiger partial charge in [0.1, 0.15) is 17.4 Å². The lowest BCUT2D eigenvalue weighted by Crippen LogP contribution is -2.24. The van der Waals surface area contributed by atoms with E-state index < -0.39 is 5.91 Å². The molecule has 140 valence electrons. The van der Waals surface area contributed by atoms with Gasteiger partial charge in [0.05, 0.1) is 7.11 Å². The number of hydrogen-bond donors (Lipinski definition) is 1. The van der Waals surface area contributed by atoms with Gasteiger partial charge in [-0.2, -0.15) is 5.26 Å². The number of carbonyl (C=O) groups is 1. The van der Waals surface area contributed by atoms with Crippen molar-refractivity contribution in [3.63, 3.8) is 0 Å². The van der Waals surface area contributed by atoms with Crippen molar-refractivity contribution in [2.24, 2.45) is 0 Å². The molecule has 1 heterocycles. The highest BCUT2D eigenvalue weighted by Gasteiger charge is 2.12. The standard InChI is InChI=1S/C23H21N3O2/c1-17-8-9-21(26(17)20-10-12-22(28-2)13-11-20)14-19(15-24)23(27)25-16-18-6-4-3-5-7-18/h3-14H,16H2,1-2H3,(H,25,27)/b19-14-. The van der Waals surface area contributed by atoms with Gasteiger partial charge in [-0.1, -0.05) is 30.3 Å². The monoisotopic (exact) mass is 371 g/mol. The number of ether oxygens (including phenoxy) is 1. The molecule has 0 saturated carbocycles. The number of nitrogens with zero attached hydrogens (tertiary/aromatic N) is 2. The second-order valence-corrected chi connectivity index (χ2v) is 6.27. The van der Waals surface area contributed by atoms with Gasteiger partial charge in [0.25, 0.3) is 5.91 Å². The molecule has 5 nitrogen and oxygen atoms in total. The molecule has 2 aromatic carbocycles. The summed E-state index contributed by atoms with van der Waals surface area (Å²) in [5.41, 5.74) is 3.72. The first kappa shape index (κ1) is 19.0. The van der Waals surface area contributed by atoms with Gasteiger partial charge in [-0.25, -0.2) is 0 Å². The molecular weight excluding hydrogens is 350 g/mol. The molecule has 0 spiro atoms. The Morgan fingerprint density at radius 3 is 2.46 bits per heavy atom. The molecule has 0 aliphatic heterocycles. The molecular formula is C23H21N3O2. The number of carbonyl (C=O) groups excluding carboxylic acids is 1. The minimum Gasteiger partial charge on any atom is -0.497 e. The Labute approximate surface area is 164 Å². The van der Waals surface area contributed by atoms with Gasteiger partial charge in [-0.05, 0) is 55.0 Å². The lowest BCUT2D eigenvalue weighted by Gasteiger charge is -2.11. The predicted molar refractivity (Wildman–Crippen MR) is 109 cm³/mol. The quantitative estimate of drug-likeness (QED) is 0.526. The Morgan fingerprint density at radius 1 is 1.11 bits per heavy atom. The number of aromatic nitrogens is 1. The van der Waals surface area contributed by atoms with Crippen LogP contribution in [0.2, 0.25) is 0 Å². The molecule has 0 atom stereocenters. The third-order valence-electron chi connectivity index (χ3n) is 4.39. The first-order chi connectivity index (χ1) is 13.6. The zero-order chi connectivity index (χ0) is 19.9. The van der Waals surface area contributed by atoms with Crippen molar-refractivity contribution in [1.82, 2.24) is 9.88 Å². The largest absolute Gasteiger partial charge is 0.497 e. The first-order valence-electron chi connectivity index (χ1n) is 8.89. The van der Waals surface area contributed by atoms with Crippen molar-refractivity contribution in [2.75, 3.05) is 7.11 Å². The summed E-state index contributed by atoms with van der Waals surface area (Å²) in [6, 6.07) is 23.1. The summed E-state index contributed by atoms with van der Waals surface area (Å²) < 4.78 is 7.19. The van der Waals surface area contributed by atoms with Gasteiger partial charge in [-0.3, -0.25) is 4.79 Å². The van der Waals surface area contributed by atoms with E-state index in [-0.39, 0.29) is 5.57 Å². The highest BCUT2D eigenvalue weighted by atomic mass is 16.5. The van der Waals surface area contributed by atoms with E-state index in [4.69, 9.17) is 4.74 Å². The van der Waals surface area contributed by atoms with E-state index in [9.17, 15) is 10.1 Å². The molecule has 0 radical (unpaired) electrons. The lowest BCUT2D eigenvalue weighted by molar-refractivity contribution is -0.117. The van der Waals surface area contributed by atoms with E-state index in [1.807, 2.05) is 84.3 Å². The fraction of sp³-hybridized carbons (Fsp3) is 0.130. The van der Waals surface area contributed by atoms with Crippen LogP contribution in [0.15, 0.2) is 72.3 Å². The van der Waals surface area contributed by atoms with Crippen LogP contribution in [0.25, 0.3) is 11.8 Å². The van der Waals surface area contributed by atoms with Crippen molar-refractivity contribution < 1.29 is 9.53 Å². The molecule has 0 saturated heterocycles. The van der Waals surface area contributed by atoms with E-state index in [2.05, 4.69) is 5.32 Å². The van der Waals surface area contributed by atoms with Crippen LogP contribution in [0, 0.1) is 18.3 Å². The van der Waals surface area contributed by atoms with Crippen LogP contribution in [0.4, 0.5) is 0 Å². The SMILES string of the molecule is COc1ccc(-n2c(C)ccc2/C=C(/C#N)C(=O)NCc2ccccc2)cc1. The highest BCUT2D eigenvalue weighted by Crippen LogP contribution is 2.21. The molecule has 3 rings (SSSR count). The highest BCUT2D eigenvalue weighted by molar-refractivity contribution is 6.01. The molecule has 0 aliphatic rings. The number of benzene rings is 2. The minimum atomic E-state index is -0.397. The van der Waals surface area contributed by atoms with Crippen LogP contribution in [-0.2, 0) is 11.3 Å². The van der Waals surface area contributed by atoms with Crippen LogP contribution in [-0.4, -0.2) is 17.6 Å². The van der Waals surface area contributed by atoms with Crippen LogP contribution >= 0.6 is 0 Å². The van der Waals surface area contributed by atoms with Gasteiger partial charge in [0.2, 0.25) is 0 Å². The van der Waals surface area contributed by atoms with Gasteiger partial charge < -0.3 is 14.6 Å². The summed E-state index contributed by atoms with van der Waals surface area (Å²) in [7, 11) is 1.62. The van der Waals surface area contributed by atoms with Crippen LogP contribution in [0.3, 0.4) is 0 Å². The fourth-order valence-corrected chi connectivity index (χ4v) is 2.93. The average Bonchev–Trinajstić information content (AvgIpc) is 3.11. The molecule has 0 unspecified atom stereocenters. The number of amides is 1. The van der Waals surface area contributed by atoms with Crippen LogP contribution in [0.5, 0.6) is 5.75 Å². The van der Waals surface area contributed by atoms with Gasteiger partial charge in [-0.15, -0.1) is 0 Å². The summed E-state index contributed by atoms with van der Waals surface area (Å²) in [6.07, 6.45) is 1.61.